The Morgan fingerprint density at radius 3 is 2.93 bits per heavy atom. The van der Waals surface area contributed by atoms with Crippen molar-refractivity contribution >= 4 is 0 Å². The molecule has 1 spiro atoms. The van der Waals surface area contributed by atoms with E-state index in [1.807, 2.05) is 0 Å². The van der Waals surface area contributed by atoms with Gasteiger partial charge in [0.05, 0.1) is 6.04 Å². The van der Waals surface area contributed by atoms with Gasteiger partial charge in [0.15, 0.2) is 0 Å². The lowest BCUT2D eigenvalue weighted by Gasteiger charge is -2.36. The lowest BCUT2D eigenvalue weighted by atomic mass is 9.74. The fourth-order valence-electron chi connectivity index (χ4n) is 3.00. The van der Waals surface area contributed by atoms with Crippen molar-refractivity contribution in [3.05, 3.63) is 24.0 Å². The summed E-state index contributed by atoms with van der Waals surface area (Å²) < 4.78 is 2.33. The number of nitrogens with two attached hydrogens (primary N) is 1. The molecule has 0 saturated carbocycles. The van der Waals surface area contributed by atoms with E-state index < -0.39 is 0 Å². The maximum absolute atomic E-state index is 6.35. The largest absolute Gasteiger partial charge is 0.349 e. The standard InChI is InChI=1S/C11H17N3/c12-10-9-2-1-7-14(9)8-11(10)3-5-13-6-4-11/h1-2,7,10,13H,3-6,8,12H2. The molecule has 2 aliphatic heterocycles. The van der Waals surface area contributed by atoms with Crippen molar-refractivity contribution < 1.29 is 0 Å². The van der Waals surface area contributed by atoms with Crippen molar-refractivity contribution in [2.24, 2.45) is 11.1 Å². The molecule has 3 N–H and O–H groups in total. The minimum absolute atomic E-state index is 0.250. The molecule has 0 aliphatic carbocycles. The summed E-state index contributed by atoms with van der Waals surface area (Å²) in [6.45, 7) is 3.37. The lowest BCUT2D eigenvalue weighted by Crippen LogP contribution is -2.42. The molecule has 1 aromatic rings. The normalized spacial score (nSPS) is 29.4. The second kappa shape index (κ2) is 2.84. The van der Waals surface area contributed by atoms with E-state index in [0.717, 1.165) is 19.6 Å². The number of nitrogens with one attached hydrogen (secondary N) is 1. The minimum Gasteiger partial charge on any atom is -0.349 e. The van der Waals surface area contributed by atoms with Gasteiger partial charge in [-0.25, -0.2) is 0 Å². The summed E-state index contributed by atoms with van der Waals surface area (Å²) in [4.78, 5) is 0. The quantitative estimate of drug-likeness (QED) is 0.639. The van der Waals surface area contributed by atoms with Gasteiger partial charge in [-0.05, 0) is 38.1 Å². The first-order valence-corrected chi connectivity index (χ1v) is 5.43. The molecule has 0 aromatic carbocycles. The van der Waals surface area contributed by atoms with Crippen LogP contribution in [0.4, 0.5) is 0 Å². The van der Waals surface area contributed by atoms with E-state index in [4.69, 9.17) is 5.73 Å². The van der Waals surface area contributed by atoms with Crippen molar-refractivity contribution in [2.45, 2.75) is 25.4 Å². The molecule has 3 heteroatoms. The van der Waals surface area contributed by atoms with Gasteiger partial charge < -0.3 is 15.6 Å². The summed E-state index contributed by atoms with van der Waals surface area (Å²) in [5.41, 5.74) is 8.03. The molecule has 0 radical (unpaired) electrons. The molecule has 14 heavy (non-hydrogen) atoms. The molecule has 1 aromatic heterocycles. The summed E-state index contributed by atoms with van der Waals surface area (Å²) >= 11 is 0. The lowest BCUT2D eigenvalue weighted by molar-refractivity contribution is 0.161. The third-order valence-electron chi connectivity index (χ3n) is 3.93. The van der Waals surface area contributed by atoms with Gasteiger partial charge in [0.1, 0.15) is 0 Å². The Bertz CT molecular complexity index is 336. The Morgan fingerprint density at radius 2 is 2.21 bits per heavy atom. The highest BCUT2D eigenvalue weighted by Gasteiger charge is 2.44. The Labute approximate surface area is 84.3 Å². The maximum atomic E-state index is 6.35. The number of hydrogen-bond donors (Lipinski definition) is 2. The third-order valence-corrected chi connectivity index (χ3v) is 3.93. The molecule has 3 rings (SSSR count). The van der Waals surface area contributed by atoms with Crippen LogP contribution in [0.25, 0.3) is 0 Å². The molecule has 0 amide bonds. The number of piperidine rings is 1. The van der Waals surface area contributed by atoms with Crippen molar-refractivity contribution in [3.8, 4) is 0 Å². The van der Waals surface area contributed by atoms with E-state index in [1.54, 1.807) is 0 Å². The first-order valence-electron chi connectivity index (χ1n) is 5.43. The Balaban J connectivity index is 1.94. The molecule has 1 atom stereocenters. The highest BCUT2D eigenvalue weighted by molar-refractivity contribution is 5.21. The minimum atomic E-state index is 0.250. The molecular weight excluding hydrogens is 174 g/mol. The zero-order valence-corrected chi connectivity index (χ0v) is 8.37. The van der Waals surface area contributed by atoms with E-state index >= 15 is 0 Å². The zero-order valence-electron chi connectivity index (χ0n) is 8.37. The van der Waals surface area contributed by atoms with Crippen LogP contribution in [-0.2, 0) is 6.54 Å². The van der Waals surface area contributed by atoms with Crippen LogP contribution in [0.2, 0.25) is 0 Å². The fourth-order valence-corrected chi connectivity index (χ4v) is 3.00. The van der Waals surface area contributed by atoms with E-state index in [2.05, 4.69) is 28.2 Å². The van der Waals surface area contributed by atoms with Crippen molar-refractivity contribution in [3.63, 3.8) is 0 Å². The number of rotatable bonds is 0. The Hall–Kier alpha value is -0.800. The first-order chi connectivity index (χ1) is 6.82. The van der Waals surface area contributed by atoms with Crippen LogP contribution < -0.4 is 11.1 Å². The van der Waals surface area contributed by atoms with Gasteiger partial charge in [0.2, 0.25) is 0 Å². The van der Waals surface area contributed by atoms with E-state index in [1.165, 1.54) is 18.5 Å². The number of aromatic nitrogens is 1. The highest BCUT2D eigenvalue weighted by atomic mass is 15.1. The number of nitrogens with zero attached hydrogens (tertiary/aromatic N) is 1. The highest BCUT2D eigenvalue weighted by Crippen LogP contribution is 2.46. The van der Waals surface area contributed by atoms with Crippen molar-refractivity contribution in [1.82, 2.24) is 9.88 Å². The molecule has 76 valence electrons. The fraction of sp³-hybridized carbons (Fsp3) is 0.636. The summed E-state index contributed by atoms with van der Waals surface area (Å²) in [7, 11) is 0. The summed E-state index contributed by atoms with van der Waals surface area (Å²) in [6.07, 6.45) is 4.59. The summed E-state index contributed by atoms with van der Waals surface area (Å²) in [5, 5.41) is 3.41. The second-order valence-corrected chi connectivity index (χ2v) is 4.65. The summed E-state index contributed by atoms with van der Waals surface area (Å²) in [5.74, 6) is 0. The SMILES string of the molecule is NC1c2cccn2CC12CCNCC2. The van der Waals surface area contributed by atoms with Crippen LogP contribution in [0, 0.1) is 5.41 Å². The van der Waals surface area contributed by atoms with E-state index in [-0.39, 0.29) is 6.04 Å². The van der Waals surface area contributed by atoms with Crippen molar-refractivity contribution in [2.75, 3.05) is 13.1 Å². The Morgan fingerprint density at radius 1 is 1.43 bits per heavy atom. The van der Waals surface area contributed by atoms with Gasteiger partial charge in [-0.3, -0.25) is 0 Å². The average molecular weight is 191 g/mol. The van der Waals surface area contributed by atoms with Gasteiger partial charge in [-0.1, -0.05) is 0 Å². The van der Waals surface area contributed by atoms with Gasteiger partial charge in [-0.15, -0.1) is 0 Å². The molecule has 2 aliphatic rings. The van der Waals surface area contributed by atoms with Crippen LogP contribution in [0.3, 0.4) is 0 Å². The predicted octanol–water partition coefficient (Wildman–Crippen LogP) is 0.871. The maximum Gasteiger partial charge on any atom is 0.0525 e. The zero-order chi connectivity index (χ0) is 9.60. The van der Waals surface area contributed by atoms with Gasteiger partial charge in [0, 0.05) is 23.9 Å². The Kier molecular flexibility index (Phi) is 1.73. The van der Waals surface area contributed by atoms with Crippen LogP contribution >= 0.6 is 0 Å². The van der Waals surface area contributed by atoms with E-state index in [0.29, 0.717) is 5.41 Å². The number of fused-ring (bicyclic) bond motifs is 1. The molecule has 1 fully saturated rings. The molecular formula is C11H17N3. The van der Waals surface area contributed by atoms with Crippen molar-refractivity contribution in [1.29, 1.82) is 0 Å². The van der Waals surface area contributed by atoms with Crippen LogP contribution in [0.5, 0.6) is 0 Å². The first kappa shape index (κ1) is 8.50. The molecule has 3 heterocycles. The van der Waals surface area contributed by atoms with Gasteiger partial charge >= 0.3 is 0 Å². The van der Waals surface area contributed by atoms with Gasteiger partial charge in [0.25, 0.3) is 0 Å². The third kappa shape index (κ3) is 0.996. The summed E-state index contributed by atoms with van der Waals surface area (Å²) in [6, 6.07) is 4.52. The molecule has 1 saturated heterocycles. The topological polar surface area (TPSA) is 43.0 Å². The van der Waals surface area contributed by atoms with E-state index in [9.17, 15) is 0 Å². The molecule has 1 unspecified atom stereocenters. The molecule has 3 nitrogen and oxygen atoms in total. The van der Waals surface area contributed by atoms with Crippen LogP contribution in [-0.4, -0.2) is 17.7 Å². The van der Waals surface area contributed by atoms with Crippen LogP contribution in [0.15, 0.2) is 18.3 Å². The molecule has 0 bridgehead atoms. The van der Waals surface area contributed by atoms with Crippen LogP contribution in [0.1, 0.15) is 24.6 Å². The average Bonchev–Trinajstić information content (AvgIpc) is 2.73. The monoisotopic (exact) mass is 191 g/mol. The van der Waals surface area contributed by atoms with Gasteiger partial charge in [-0.2, -0.15) is 0 Å². The predicted molar refractivity (Wildman–Crippen MR) is 55.9 cm³/mol. The second-order valence-electron chi connectivity index (χ2n) is 4.65. The number of hydrogen-bond acceptors (Lipinski definition) is 2. The smallest absolute Gasteiger partial charge is 0.0525 e.